The van der Waals surface area contributed by atoms with E-state index in [-0.39, 0.29) is 0 Å². The number of nitrogens with two attached hydrogens (primary N) is 1. The Kier molecular flexibility index (Phi) is 4.52. The number of aryl methyl sites for hydroxylation is 1. The number of nitrogen functional groups attached to an aromatic ring is 1. The van der Waals surface area contributed by atoms with Crippen LogP contribution in [0.15, 0.2) is 6.07 Å². The summed E-state index contributed by atoms with van der Waals surface area (Å²) in [4.78, 5) is 11.0. The fraction of sp³-hybridized carbons (Fsp3) is 0.571. The van der Waals surface area contributed by atoms with E-state index in [0.29, 0.717) is 12.1 Å². The zero-order valence-electron chi connectivity index (χ0n) is 12.2. The zero-order valence-corrected chi connectivity index (χ0v) is 13.0. The summed E-state index contributed by atoms with van der Waals surface area (Å²) in [5.74, 6) is 6.73. The molecule has 1 saturated heterocycles. The summed E-state index contributed by atoms with van der Waals surface area (Å²) < 4.78 is 5.75. The summed E-state index contributed by atoms with van der Waals surface area (Å²) in [6.45, 7) is 3.81. The van der Waals surface area contributed by atoms with E-state index in [1.807, 2.05) is 0 Å². The molecular weight excluding hydrogens is 286 g/mol. The standard InChI is InChI=1S/C14H21N5OS/c1-9-8-11-12(17-14(19-15)18-13(11)21-9)16-6-5-10-4-2-3-7-20-10/h8,10H,2-7,15H2,1H3,(H2,16,17,18,19). The average molecular weight is 307 g/mol. The quantitative estimate of drug-likeness (QED) is 0.581. The highest BCUT2D eigenvalue weighted by Crippen LogP contribution is 2.29. The Labute approximate surface area is 128 Å². The first-order chi connectivity index (χ1) is 10.3. The van der Waals surface area contributed by atoms with E-state index in [2.05, 4.69) is 33.7 Å². The smallest absolute Gasteiger partial charge is 0.240 e. The van der Waals surface area contributed by atoms with E-state index >= 15 is 0 Å². The van der Waals surface area contributed by atoms with Crippen molar-refractivity contribution in [2.24, 2.45) is 5.84 Å². The highest BCUT2D eigenvalue weighted by Gasteiger charge is 2.14. The fourth-order valence-electron chi connectivity index (χ4n) is 2.63. The Hall–Kier alpha value is -1.44. The molecule has 2 aromatic rings. The number of nitrogens with zero attached hydrogens (tertiary/aromatic N) is 2. The van der Waals surface area contributed by atoms with Crippen LogP contribution in [0.1, 0.15) is 30.6 Å². The highest BCUT2D eigenvalue weighted by atomic mass is 32.1. The van der Waals surface area contributed by atoms with Gasteiger partial charge in [0.05, 0.1) is 11.5 Å². The lowest BCUT2D eigenvalue weighted by atomic mass is 10.1. The largest absolute Gasteiger partial charge is 0.378 e. The molecule has 1 unspecified atom stereocenters. The van der Waals surface area contributed by atoms with Crippen LogP contribution in [0.4, 0.5) is 11.8 Å². The molecular formula is C14H21N5OS. The Morgan fingerprint density at radius 1 is 1.43 bits per heavy atom. The minimum Gasteiger partial charge on any atom is -0.378 e. The highest BCUT2D eigenvalue weighted by molar-refractivity contribution is 7.18. The normalized spacial score (nSPS) is 18.9. The third kappa shape index (κ3) is 3.42. The number of rotatable bonds is 5. The maximum atomic E-state index is 5.75. The number of hydrogen-bond acceptors (Lipinski definition) is 7. The van der Waals surface area contributed by atoms with Gasteiger partial charge in [0.1, 0.15) is 10.6 Å². The van der Waals surface area contributed by atoms with E-state index in [1.165, 1.54) is 17.7 Å². The molecule has 2 aromatic heterocycles. The number of hydrazine groups is 1. The molecule has 0 aromatic carbocycles. The maximum Gasteiger partial charge on any atom is 0.240 e. The molecule has 6 nitrogen and oxygen atoms in total. The first kappa shape index (κ1) is 14.5. The fourth-order valence-corrected chi connectivity index (χ4v) is 3.51. The molecule has 1 atom stereocenters. The van der Waals surface area contributed by atoms with Gasteiger partial charge in [0.2, 0.25) is 5.95 Å². The van der Waals surface area contributed by atoms with Crippen molar-refractivity contribution in [3.63, 3.8) is 0 Å². The van der Waals surface area contributed by atoms with Crippen LogP contribution in [0, 0.1) is 6.92 Å². The van der Waals surface area contributed by atoms with Gasteiger partial charge in [-0.1, -0.05) is 0 Å². The van der Waals surface area contributed by atoms with Crippen molar-refractivity contribution in [3.05, 3.63) is 10.9 Å². The van der Waals surface area contributed by atoms with Gasteiger partial charge in [-0.15, -0.1) is 11.3 Å². The van der Waals surface area contributed by atoms with Gasteiger partial charge in [-0.2, -0.15) is 4.98 Å². The first-order valence-corrected chi connectivity index (χ1v) is 8.18. The molecule has 1 aliphatic rings. The second kappa shape index (κ2) is 6.55. The molecule has 21 heavy (non-hydrogen) atoms. The van der Waals surface area contributed by atoms with Gasteiger partial charge < -0.3 is 10.1 Å². The molecule has 4 N–H and O–H groups in total. The Morgan fingerprint density at radius 3 is 3.10 bits per heavy atom. The molecule has 0 amide bonds. The van der Waals surface area contributed by atoms with E-state index in [0.717, 1.165) is 42.0 Å². The minimum atomic E-state index is 0.375. The summed E-state index contributed by atoms with van der Waals surface area (Å²) >= 11 is 1.65. The summed E-state index contributed by atoms with van der Waals surface area (Å²) in [5, 5.41) is 4.46. The van der Waals surface area contributed by atoms with Crippen molar-refractivity contribution in [1.29, 1.82) is 0 Å². The molecule has 3 heterocycles. The number of aromatic nitrogens is 2. The van der Waals surface area contributed by atoms with Gasteiger partial charge in [0, 0.05) is 18.0 Å². The average Bonchev–Trinajstić information content (AvgIpc) is 2.88. The molecule has 7 heteroatoms. The number of nitrogens with one attached hydrogen (secondary N) is 2. The van der Waals surface area contributed by atoms with E-state index < -0.39 is 0 Å². The Bertz CT molecular complexity index is 609. The number of anilines is 2. The second-order valence-corrected chi connectivity index (χ2v) is 6.55. The van der Waals surface area contributed by atoms with Crippen LogP contribution in [0.25, 0.3) is 10.2 Å². The van der Waals surface area contributed by atoms with Crippen LogP contribution < -0.4 is 16.6 Å². The lowest BCUT2D eigenvalue weighted by molar-refractivity contribution is 0.0134. The van der Waals surface area contributed by atoms with Crippen LogP contribution in [-0.2, 0) is 4.74 Å². The van der Waals surface area contributed by atoms with Gasteiger partial charge in [0.25, 0.3) is 0 Å². The lowest BCUT2D eigenvalue weighted by Crippen LogP contribution is -2.22. The van der Waals surface area contributed by atoms with Crippen LogP contribution in [0.2, 0.25) is 0 Å². The molecule has 1 aliphatic heterocycles. The Morgan fingerprint density at radius 2 is 2.33 bits per heavy atom. The number of ether oxygens (including phenoxy) is 1. The van der Waals surface area contributed by atoms with Crippen molar-refractivity contribution in [3.8, 4) is 0 Å². The molecule has 0 radical (unpaired) electrons. The zero-order chi connectivity index (χ0) is 14.7. The number of hydrogen-bond donors (Lipinski definition) is 3. The Balaban J connectivity index is 1.70. The van der Waals surface area contributed by atoms with E-state index in [9.17, 15) is 0 Å². The van der Waals surface area contributed by atoms with E-state index in [1.54, 1.807) is 11.3 Å². The van der Waals surface area contributed by atoms with Crippen LogP contribution in [-0.4, -0.2) is 29.2 Å². The molecule has 3 rings (SSSR count). The summed E-state index contributed by atoms with van der Waals surface area (Å²) in [5.41, 5.74) is 2.53. The van der Waals surface area contributed by atoms with Crippen LogP contribution in [0.3, 0.4) is 0 Å². The lowest BCUT2D eigenvalue weighted by Gasteiger charge is -2.22. The third-order valence-corrected chi connectivity index (χ3v) is 4.62. The van der Waals surface area contributed by atoms with Crippen molar-refractivity contribution in [2.75, 3.05) is 23.9 Å². The van der Waals surface area contributed by atoms with Gasteiger partial charge in [-0.25, -0.2) is 10.8 Å². The van der Waals surface area contributed by atoms with Gasteiger partial charge >= 0.3 is 0 Å². The molecule has 0 aliphatic carbocycles. The summed E-state index contributed by atoms with van der Waals surface area (Å²) in [7, 11) is 0. The molecule has 114 valence electrons. The number of thiophene rings is 1. The molecule has 1 fully saturated rings. The van der Waals surface area contributed by atoms with Crippen molar-refractivity contribution >= 4 is 33.3 Å². The molecule has 0 bridgehead atoms. The topological polar surface area (TPSA) is 85.1 Å². The van der Waals surface area contributed by atoms with E-state index in [4.69, 9.17) is 10.6 Å². The van der Waals surface area contributed by atoms with Gasteiger partial charge in [-0.05, 0) is 38.7 Å². The summed E-state index contributed by atoms with van der Waals surface area (Å²) in [6, 6.07) is 2.11. The van der Waals surface area contributed by atoms with Crippen LogP contribution >= 0.6 is 11.3 Å². The monoisotopic (exact) mass is 307 g/mol. The first-order valence-electron chi connectivity index (χ1n) is 7.36. The SMILES string of the molecule is Cc1cc2c(NCCC3CCCCO3)nc(NN)nc2s1. The second-order valence-electron chi connectivity index (χ2n) is 5.32. The van der Waals surface area contributed by atoms with Crippen molar-refractivity contribution in [1.82, 2.24) is 9.97 Å². The maximum absolute atomic E-state index is 5.75. The number of fused-ring (bicyclic) bond motifs is 1. The van der Waals surface area contributed by atoms with Crippen molar-refractivity contribution < 1.29 is 4.74 Å². The molecule has 0 spiro atoms. The third-order valence-electron chi connectivity index (χ3n) is 3.68. The molecule has 0 saturated carbocycles. The van der Waals surface area contributed by atoms with Crippen LogP contribution in [0.5, 0.6) is 0 Å². The predicted octanol–water partition coefficient (Wildman–Crippen LogP) is 2.66. The van der Waals surface area contributed by atoms with Crippen molar-refractivity contribution in [2.45, 2.75) is 38.7 Å². The van der Waals surface area contributed by atoms with Gasteiger partial charge in [0.15, 0.2) is 0 Å². The predicted molar refractivity (Wildman–Crippen MR) is 86.7 cm³/mol. The van der Waals surface area contributed by atoms with Gasteiger partial charge in [-0.3, -0.25) is 5.43 Å². The minimum absolute atomic E-state index is 0.375. The summed E-state index contributed by atoms with van der Waals surface area (Å²) in [6.07, 6.45) is 5.00.